The van der Waals surface area contributed by atoms with Crippen LogP contribution in [0, 0.1) is 12.3 Å². The predicted molar refractivity (Wildman–Crippen MR) is 74.9 cm³/mol. The second kappa shape index (κ2) is 5.98. The molecule has 19 heavy (non-hydrogen) atoms. The average molecular weight is 283 g/mol. The van der Waals surface area contributed by atoms with E-state index in [1.807, 2.05) is 19.5 Å². The Morgan fingerprint density at radius 2 is 2.26 bits per heavy atom. The Morgan fingerprint density at radius 3 is 2.79 bits per heavy atom. The highest BCUT2D eigenvalue weighted by molar-refractivity contribution is 7.09. The molecule has 0 aliphatic carbocycles. The van der Waals surface area contributed by atoms with Crippen LogP contribution in [0.4, 0.5) is 0 Å². The van der Waals surface area contributed by atoms with Crippen LogP contribution in [0.25, 0.3) is 0 Å². The van der Waals surface area contributed by atoms with E-state index in [9.17, 15) is 4.79 Å². The fourth-order valence-corrected chi connectivity index (χ4v) is 3.27. The summed E-state index contributed by atoms with van der Waals surface area (Å²) in [5.74, 6) is 0.131. The first kappa shape index (κ1) is 14.4. The van der Waals surface area contributed by atoms with Crippen LogP contribution < -0.4 is 5.73 Å². The molecule has 1 aromatic heterocycles. The van der Waals surface area contributed by atoms with Gasteiger partial charge in [0.15, 0.2) is 0 Å². The van der Waals surface area contributed by atoms with E-state index in [0.717, 1.165) is 10.6 Å². The Balaban J connectivity index is 2.07. The minimum atomic E-state index is -0.439. The summed E-state index contributed by atoms with van der Waals surface area (Å²) in [7, 11) is 1.84. The van der Waals surface area contributed by atoms with Crippen molar-refractivity contribution < 1.29 is 9.53 Å². The molecule has 1 saturated heterocycles. The lowest BCUT2D eigenvalue weighted by atomic mass is 9.79. The van der Waals surface area contributed by atoms with Crippen LogP contribution in [-0.4, -0.2) is 42.6 Å². The smallest absolute Gasteiger partial charge is 0.230 e. The molecule has 1 aromatic rings. The first-order chi connectivity index (χ1) is 9.09. The van der Waals surface area contributed by atoms with Crippen molar-refractivity contribution in [3.05, 3.63) is 16.1 Å². The molecule has 2 rings (SSSR count). The Labute approximate surface area is 117 Å². The van der Waals surface area contributed by atoms with Crippen molar-refractivity contribution in [2.75, 3.05) is 26.8 Å². The SMILES string of the molecule is Cc1ncsc1CN(C)C(=O)C1(CN)CCOCC1. The highest BCUT2D eigenvalue weighted by Gasteiger charge is 2.40. The van der Waals surface area contributed by atoms with Crippen LogP contribution in [0.15, 0.2) is 5.51 Å². The minimum Gasteiger partial charge on any atom is -0.381 e. The van der Waals surface area contributed by atoms with Crippen molar-refractivity contribution in [2.24, 2.45) is 11.1 Å². The van der Waals surface area contributed by atoms with E-state index >= 15 is 0 Å². The number of rotatable bonds is 4. The zero-order valence-electron chi connectivity index (χ0n) is 11.5. The number of nitrogens with zero attached hydrogens (tertiary/aromatic N) is 2. The molecule has 0 saturated carbocycles. The summed E-state index contributed by atoms with van der Waals surface area (Å²) in [5, 5.41) is 0. The second-order valence-corrected chi connectivity index (χ2v) is 6.06. The molecule has 0 radical (unpaired) electrons. The van der Waals surface area contributed by atoms with Gasteiger partial charge in [-0.05, 0) is 19.8 Å². The van der Waals surface area contributed by atoms with Crippen molar-refractivity contribution in [1.29, 1.82) is 0 Å². The lowest BCUT2D eigenvalue weighted by Gasteiger charge is -2.37. The number of carbonyl (C=O) groups excluding carboxylic acids is 1. The quantitative estimate of drug-likeness (QED) is 0.900. The van der Waals surface area contributed by atoms with Gasteiger partial charge in [0, 0.05) is 31.7 Å². The molecule has 5 nitrogen and oxygen atoms in total. The molecular weight excluding hydrogens is 262 g/mol. The number of aryl methyl sites for hydroxylation is 1. The van der Waals surface area contributed by atoms with Crippen molar-refractivity contribution in [1.82, 2.24) is 9.88 Å². The van der Waals surface area contributed by atoms with Gasteiger partial charge in [0.2, 0.25) is 5.91 Å². The zero-order chi connectivity index (χ0) is 13.9. The fourth-order valence-electron chi connectivity index (χ4n) is 2.44. The predicted octanol–water partition coefficient (Wildman–Crippen LogP) is 1.17. The summed E-state index contributed by atoms with van der Waals surface area (Å²) >= 11 is 1.59. The largest absolute Gasteiger partial charge is 0.381 e. The summed E-state index contributed by atoms with van der Waals surface area (Å²) in [5.41, 5.74) is 8.24. The molecule has 106 valence electrons. The van der Waals surface area contributed by atoms with Crippen molar-refractivity contribution in [3.8, 4) is 0 Å². The summed E-state index contributed by atoms with van der Waals surface area (Å²) in [6.07, 6.45) is 1.43. The molecular formula is C13H21N3O2S. The standard InChI is InChI=1S/C13H21N3O2S/c1-10-11(19-9-15-10)7-16(2)12(17)13(8-14)3-5-18-6-4-13/h9H,3-8,14H2,1-2H3. The van der Waals surface area contributed by atoms with Gasteiger partial charge in [0.1, 0.15) is 0 Å². The number of aromatic nitrogens is 1. The molecule has 0 spiro atoms. The van der Waals surface area contributed by atoms with Crippen LogP contribution in [-0.2, 0) is 16.1 Å². The molecule has 2 heterocycles. The van der Waals surface area contributed by atoms with Gasteiger partial charge in [-0.25, -0.2) is 4.98 Å². The first-order valence-corrected chi connectivity index (χ1v) is 7.39. The molecule has 1 aliphatic heterocycles. The Hall–Kier alpha value is -0.980. The maximum atomic E-state index is 12.7. The van der Waals surface area contributed by atoms with Gasteiger partial charge in [0.25, 0.3) is 0 Å². The second-order valence-electron chi connectivity index (χ2n) is 5.12. The number of amides is 1. The lowest BCUT2D eigenvalue weighted by molar-refractivity contribution is -0.146. The summed E-state index contributed by atoms with van der Waals surface area (Å²) < 4.78 is 5.35. The third kappa shape index (κ3) is 2.96. The van der Waals surface area contributed by atoms with E-state index in [1.54, 1.807) is 16.2 Å². The molecule has 1 amide bonds. The minimum absolute atomic E-state index is 0.131. The molecule has 6 heteroatoms. The Morgan fingerprint density at radius 1 is 1.58 bits per heavy atom. The number of ether oxygens (including phenoxy) is 1. The molecule has 2 N–H and O–H groups in total. The summed E-state index contributed by atoms with van der Waals surface area (Å²) in [6.45, 7) is 4.21. The van der Waals surface area contributed by atoms with Gasteiger partial charge >= 0.3 is 0 Å². The van der Waals surface area contributed by atoms with E-state index in [4.69, 9.17) is 10.5 Å². The van der Waals surface area contributed by atoms with Crippen molar-refractivity contribution >= 4 is 17.2 Å². The zero-order valence-corrected chi connectivity index (χ0v) is 12.3. The normalized spacial score (nSPS) is 18.3. The number of nitrogens with two attached hydrogens (primary N) is 1. The van der Waals surface area contributed by atoms with Crippen LogP contribution in [0.2, 0.25) is 0 Å². The molecule has 0 bridgehead atoms. The van der Waals surface area contributed by atoms with Crippen LogP contribution in [0.5, 0.6) is 0 Å². The van der Waals surface area contributed by atoms with Crippen molar-refractivity contribution in [3.63, 3.8) is 0 Å². The van der Waals surface area contributed by atoms with E-state index in [-0.39, 0.29) is 5.91 Å². The van der Waals surface area contributed by atoms with E-state index in [1.165, 1.54) is 0 Å². The summed E-state index contributed by atoms with van der Waals surface area (Å²) in [4.78, 5) is 19.8. The number of thiazole rings is 1. The van der Waals surface area contributed by atoms with Gasteiger partial charge in [-0.1, -0.05) is 0 Å². The van der Waals surface area contributed by atoms with Gasteiger partial charge < -0.3 is 15.4 Å². The van der Waals surface area contributed by atoms with Crippen LogP contribution in [0.3, 0.4) is 0 Å². The summed E-state index contributed by atoms with van der Waals surface area (Å²) in [6, 6.07) is 0. The third-order valence-electron chi connectivity index (χ3n) is 3.87. The molecule has 0 atom stereocenters. The molecule has 0 unspecified atom stereocenters. The monoisotopic (exact) mass is 283 g/mol. The number of carbonyl (C=O) groups is 1. The topological polar surface area (TPSA) is 68.5 Å². The van der Waals surface area contributed by atoms with Gasteiger partial charge in [-0.3, -0.25) is 4.79 Å². The van der Waals surface area contributed by atoms with Crippen LogP contribution in [0.1, 0.15) is 23.4 Å². The number of hydrogen-bond donors (Lipinski definition) is 1. The molecule has 0 aromatic carbocycles. The van der Waals surface area contributed by atoms with Crippen LogP contribution >= 0.6 is 11.3 Å². The van der Waals surface area contributed by atoms with E-state index < -0.39 is 5.41 Å². The van der Waals surface area contributed by atoms with E-state index in [0.29, 0.717) is 39.1 Å². The highest BCUT2D eigenvalue weighted by Crippen LogP contribution is 2.32. The number of hydrogen-bond acceptors (Lipinski definition) is 5. The third-order valence-corrected chi connectivity index (χ3v) is 4.79. The fraction of sp³-hybridized carbons (Fsp3) is 0.692. The van der Waals surface area contributed by atoms with Crippen molar-refractivity contribution in [2.45, 2.75) is 26.3 Å². The Kier molecular flexibility index (Phi) is 4.54. The van der Waals surface area contributed by atoms with Gasteiger partial charge in [-0.15, -0.1) is 11.3 Å². The Bertz CT molecular complexity index is 441. The van der Waals surface area contributed by atoms with E-state index in [2.05, 4.69) is 4.98 Å². The lowest BCUT2D eigenvalue weighted by Crippen LogP contribution is -2.49. The molecule has 1 fully saturated rings. The maximum absolute atomic E-state index is 12.7. The maximum Gasteiger partial charge on any atom is 0.230 e. The highest BCUT2D eigenvalue weighted by atomic mass is 32.1. The molecule has 1 aliphatic rings. The average Bonchev–Trinajstić information content (AvgIpc) is 2.84. The van der Waals surface area contributed by atoms with Gasteiger partial charge in [-0.2, -0.15) is 0 Å². The van der Waals surface area contributed by atoms with Gasteiger partial charge in [0.05, 0.1) is 23.2 Å². The first-order valence-electron chi connectivity index (χ1n) is 6.51.